The van der Waals surface area contributed by atoms with E-state index in [9.17, 15) is 5.11 Å². The van der Waals surface area contributed by atoms with Gasteiger partial charge in [0.2, 0.25) is 0 Å². The zero-order valence-electron chi connectivity index (χ0n) is 16.0. The van der Waals surface area contributed by atoms with Crippen LogP contribution < -0.4 is 5.32 Å². The standard InChI is InChI=1S/C22H24N4OS/c1-15-8-9-17(14-16(15)2)25-11-5-7-19(25)21-20(18-6-3-4-10-23-18)24-22(28)26(21)12-13-27/h3-11,14,20-21,27H,12-13H2,1-2H3,(H,24,28)/t20-,21-/m1/s1. The van der Waals surface area contributed by atoms with Crippen LogP contribution in [0.3, 0.4) is 0 Å². The number of pyridine rings is 1. The van der Waals surface area contributed by atoms with Gasteiger partial charge < -0.3 is 19.9 Å². The van der Waals surface area contributed by atoms with Gasteiger partial charge >= 0.3 is 0 Å². The van der Waals surface area contributed by atoms with Gasteiger partial charge in [-0.05, 0) is 73.6 Å². The van der Waals surface area contributed by atoms with Gasteiger partial charge in [-0.3, -0.25) is 4.98 Å². The Balaban J connectivity index is 1.81. The second kappa shape index (κ2) is 7.73. The van der Waals surface area contributed by atoms with E-state index in [4.69, 9.17) is 12.2 Å². The molecule has 1 fully saturated rings. The summed E-state index contributed by atoms with van der Waals surface area (Å²) in [5.74, 6) is 0. The van der Waals surface area contributed by atoms with Crippen LogP contribution >= 0.6 is 12.2 Å². The highest BCUT2D eigenvalue weighted by Gasteiger charge is 2.40. The summed E-state index contributed by atoms with van der Waals surface area (Å²) < 4.78 is 2.20. The summed E-state index contributed by atoms with van der Waals surface area (Å²) in [7, 11) is 0. The van der Waals surface area contributed by atoms with Crippen LogP contribution in [-0.2, 0) is 0 Å². The van der Waals surface area contributed by atoms with E-state index >= 15 is 0 Å². The number of nitrogens with zero attached hydrogens (tertiary/aromatic N) is 3. The second-order valence-corrected chi connectivity index (χ2v) is 7.50. The minimum atomic E-state index is -0.0829. The molecule has 0 radical (unpaired) electrons. The summed E-state index contributed by atoms with van der Waals surface area (Å²) >= 11 is 5.60. The Morgan fingerprint density at radius 2 is 1.96 bits per heavy atom. The van der Waals surface area contributed by atoms with E-state index in [1.807, 2.05) is 18.2 Å². The quantitative estimate of drug-likeness (QED) is 0.652. The highest BCUT2D eigenvalue weighted by atomic mass is 32.1. The number of benzene rings is 1. The molecule has 0 bridgehead atoms. The van der Waals surface area contributed by atoms with Crippen molar-refractivity contribution >= 4 is 17.3 Å². The molecule has 144 valence electrons. The molecule has 0 saturated carbocycles. The van der Waals surface area contributed by atoms with E-state index in [2.05, 4.69) is 70.1 Å². The Morgan fingerprint density at radius 3 is 2.68 bits per heavy atom. The molecule has 1 aliphatic heterocycles. The molecule has 0 aliphatic carbocycles. The molecule has 3 heterocycles. The van der Waals surface area contributed by atoms with Gasteiger partial charge in [-0.25, -0.2) is 0 Å². The lowest BCUT2D eigenvalue weighted by Gasteiger charge is -2.28. The van der Waals surface area contributed by atoms with E-state index in [0.717, 1.165) is 17.1 Å². The van der Waals surface area contributed by atoms with Gasteiger partial charge in [0, 0.05) is 30.3 Å². The van der Waals surface area contributed by atoms with Gasteiger partial charge in [-0.15, -0.1) is 0 Å². The number of aliphatic hydroxyl groups is 1. The van der Waals surface area contributed by atoms with Crippen molar-refractivity contribution in [3.8, 4) is 5.69 Å². The monoisotopic (exact) mass is 392 g/mol. The zero-order chi connectivity index (χ0) is 19.7. The predicted octanol–water partition coefficient (Wildman–Crippen LogP) is 3.45. The third kappa shape index (κ3) is 3.30. The van der Waals surface area contributed by atoms with Gasteiger partial charge in [0.05, 0.1) is 24.4 Å². The molecule has 3 aromatic rings. The Hall–Kier alpha value is -2.70. The van der Waals surface area contributed by atoms with Crippen LogP contribution in [-0.4, -0.2) is 37.8 Å². The molecule has 5 nitrogen and oxygen atoms in total. The Bertz CT molecular complexity index is 985. The number of thiocarbonyl (C=S) groups is 1. The van der Waals surface area contributed by atoms with Crippen LogP contribution in [0.25, 0.3) is 5.69 Å². The van der Waals surface area contributed by atoms with Crippen molar-refractivity contribution in [2.24, 2.45) is 0 Å². The first-order valence-electron chi connectivity index (χ1n) is 9.44. The van der Waals surface area contributed by atoms with Crippen LogP contribution in [0, 0.1) is 13.8 Å². The first kappa shape index (κ1) is 18.7. The molecule has 1 aromatic carbocycles. The van der Waals surface area contributed by atoms with Crippen molar-refractivity contribution in [1.82, 2.24) is 19.8 Å². The average molecular weight is 393 g/mol. The molecule has 2 N–H and O–H groups in total. The van der Waals surface area contributed by atoms with E-state index < -0.39 is 0 Å². The molecular formula is C22H24N4OS. The van der Waals surface area contributed by atoms with Gasteiger partial charge in [0.25, 0.3) is 0 Å². The maximum atomic E-state index is 9.62. The number of hydrogen-bond acceptors (Lipinski definition) is 3. The lowest BCUT2D eigenvalue weighted by atomic mass is 10.0. The first-order chi connectivity index (χ1) is 13.6. The summed E-state index contributed by atoms with van der Waals surface area (Å²) in [6, 6.07) is 16.4. The summed E-state index contributed by atoms with van der Waals surface area (Å²) in [5.41, 5.74) is 5.69. The number of aliphatic hydroxyl groups excluding tert-OH is 1. The minimum Gasteiger partial charge on any atom is -0.395 e. The summed E-state index contributed by atoms with van der Waals surface area (Å²) in [6.07, 6.45) is 3.88. The molecule has 6 heteroatoms. The predicted molar refractivity (Wildman–Crippen MR) is 114 cm³/mol. The van der Waals surface area contributed by atoms with E-state index in [1.54, 1.807) is 6.20 Å². The van der Waals surface area contributed by atoms with E-state index in [0.29, 0.717) is 11.7 Å². The number of aryl methyl sites for hydroxylation is 2. The highest BCUT2D eigenvalue weighted by Crippen LogP contribution is 2.39. The van der Waals surface area contributed by atoms with Gasteiger partial charge in [-0.1, -0.05) is 12.1 Å². The fourth-order valence-corrected chi connectivity index (χ4v) is 4.15. The number of aromatic nitrogens is 2. The first-order valence-corrected chi connectivity index (χ1v) is 9.85. The van der Waals surface area contributed by atoms with E-state index in [1.165, 1.54) is 11.1 Å². The fourth-order valence-electron chi connectivity index (χ4n) is 3.82. The van der Waals surface area contributed by atoms with Crippen LogP contribution in [0.15, 0.2) is 60.9 Å². The molecule has 0 spiro atoms. The molecule has 1 saturated heterocycles. The number of β-amino-alcohol motifs (C(OH)–C–C–N with tert-alkyl or cyclic N) is 1. The lowest BCUT2D eigenvalue weighted by molar-refractivity contribution is 0.220. The van der Waals surface area contributed by atoms with Crippen LogP contribution in [0.4, 0.5) is 0 Å². The molecule has 28 heavy (non-hydrogen) atoms. The third-order valence-corrected chi connectivity index (χ3v) is 5.74. The third-order valence-electron chi connectivity index (χ3n) is 5.39. The van der Waals surface area contributed by atoms with Crippen LogP contribution in [0.2, 0.25) is 0 Å². The molecule has 2 aromatic heterocycles. The summed E-state index contributed by atoms with van der Waals surface area (Å²) in [5, 5.41) is 13.7. The van der Waals surface area contributed by atoms with Crippen molar-refractivity contribution in [1.29, 1.82) is 0 Å². The topological polar surface area (TPSA) is 53.3 Å². The summed E-state index contributed by atoms with van der Waals surface area (Å²) in [4.78, 5) is 6.61. The Kier molecular flexibility index (Phi) is 5.15. The van der Waals surface area contributed by atoms with Crippen molar-refractivity contribution < 1.29 is 5.11 Å². The van der Waals surface area contributed by atoms with Gasteiger partial charge in [-0.2, -0.15) is 0 Å². The molecule has 4 rings (SSSR count). The van der Waals surface area contributed by atoms with Crippen molar-refractivity contribution in [2.75, 3.05) is 13.2 Å². The van der Waals surface area contributed by atoms with Gasteiger partial charge in [0.15, 0.2) is 5.11 Å². The highest BCUT2D eigenvalue weighted by molar-refractivity contribution is 7.80. The smallest absolute Gasteiger partial charge is 0.170 e. The average Bonchev–Trinajstić information content (AvgIpc) is 3.30. The van der Waals surface area contributed by atoms with Crippen LogP contribution in [0.5, 0.6) is 0 Å². The largest absolute Gasteiger partial charge is 0.395 e. The second-order valence-electron chi connectivity index (χ2n) is 7.12. The molecule has 1 aliphatic rings. The van der Waals surface area contributed by atoms with E-state index in [-0.39, 0.29) is 18.7 Å². The maximum absolute atomic E-state index is 9.62. The maximum Gasteiger partial charge on any atom is 0.170 e. The van der Waals surface area contributed by atoms with Crippen molar-refractivity contribution in [3.63, 3.8) is 0 Å². The molecule has 0 unspecified atom stereocenters. The number of rotatable bonds is 5. The lowest BCUT2D eigenvalue weighted by Crippen LogP contribution is -2.32. The van der Waals surface area contributed by atoms with Crippen LogP contribution in [0.1, 0.15) is 34.6 Å². The fraction of sp³-hybridized carbons (Fsp3) is 0.273. The number of nitrogens with one attached hydrogen (secondary N) is 1. The Morgan fingerprint density at radius 1 is 1.11 bits per heavy atom. The normalized spacial score (nSPS) is 19.1. The van der Waals surface area contributed by atoms with Crippen molar-refractivity contribution in [3.05, 3.63) is 83.4 Å². The molecule has 0 amide bonds. The number of hydrogen-bond donors (Lipinski definition) is 2. The van der Waals surface area contributed by atoms with Gasteiger partial charge in [0.1, 0.15) is 0 Å². The minimum absolute atomic E-state index is 0.0393. The van der Waals surface area contributed by atoms with Crippen molar-refractivity contribution in [2.45, 2.75) is 25.9 Å². The molecular weight excluding hydrogens is 368 g/mol. The SMILES string of the molecule is Cc1ccc(-n2cccc2[C@@H]2[C@@H](c3ccccn3)NC(=S)N2CCO)cc1C. The zero-order valence-corrected chi connectivity index (χ0v) is 16.9. The summed E-state index contributed by atoms with van der Waals surface area (Å²) in [6.45, 7) is 4.76. The molecule has 2 atom stereocenters. The Labute approximate surface area is 170 Å².